The molecule has 1 fully saturated rings. The van der Waals surface area contributed by atoms with Crippen LogP contribution in [0.3, 0.4) is 0 Å². The highest BCUT2D eigenvalue weighted by Crippen LogP contribution is 2.39. The molecule has 7 heteroatoms. The van der Waals surface area contributed by atoms with E-state index in [1.807, 2.05) is 6.92 Å². The summed E-state index contributed by atoms with van der Waals surface area (Å²) in [5, 5.41) is 22.6. The molecule has 1 saturated carbocycles. The Morgan fingerprint density at radius 1 is 1.39 bits per heavy atom. The maximum absolute atomic E-state index is 11.3. The molecular formula is C11H14N4O2S. The molecule has 2 unspecified atom stereocenters. The zero-order valence-corrected chi connectivity index (χ0v) is 10.9. The van der Waals surface area contributed by atoms with E-state index in [-0.39, 0.29) is 11.8 Å². The second-order valence-electron chi connectivity index (χ2n) is 4.72. The Hall–Kier alpha value is -1.50. The van der Waals surface area contributed by atoms with Gasteiger partial charge >= 0.3 is 5.97 Å². The molecule has 0 aromatic carbocycles. The fourth-order valence-electron chi connectivity index (χ4n) is 2.60. The van der Waals surface area contributed by atoms with E-state index in [0.29, 0.717) is 0 Å². The third-order valence-corrected chi connectivity index (χ3v) is 4.59. The number of carboxylic acid groups (broad SMARTS) is 1. The van der Waals surface area contributed by atoms with E-state index >= 15 is 0 Å². The first-order valence-corrected chi connectivity index (χ1v) is 6.90. The van der Waals surface area contributed by atoms with Crippen molar-refractivity contribution >= 4 is 22.3 Å². The first-order valence-electron chi connectivity index (χ1n) is 6.08. The lowest BCUT2D eigenvalue weighted by atomic mass is 9.80. The predicted molar refractivity (Wildman–Crippen MR) is 65.7 cm³/mol. The van der Waals surface area contributed by atoms with E-state index in [4.69, 9.17) is 0 Å². The van der Waals surface area contributed by atoms with Crippen molar-refractivity contribution in [3.05, 3.63) is 10.8 Å². The van der Waals surface area contributed by atoms with Crippen LogP contribution >= 0.6 is 11.3 Å². The molecule has 1 aliphatic carbocycles. The second kappa shape index (κ2) is 4.31. The zero-order chi connectivity index (χ0) is 12.7. The summed E-state index contributed by atoms with van der Waals surface area (Å²) in [6.07, 6.45) is 3.73. The van der Waals surface area contributed by atoms with E-state index in [1.54, 1.807) is 4.52 Å². The van der Waals surface area contributed by atoms with Gasteiger partial charge < -0.3 is 5.11 Å². The number of carboxylic acids is 1. The van der Waals surface area contributed by atoms with Crippen molar-refractivity contribution in [3.8, 4) is 0 Å². The Morgan fingerprint density at radius 3 is 2.89 bits per heavy atom. The van der Waals surface area contributed by atoms with Crippen molar-refractivity contribution < 1.29 is 9.90 Å². The molecule has 96 valence electrons. The standard InChI is InChI=1S/C11H14N4O2S/c1-6-12-13-11-15(6)14-9(18-11)7-4-2-3-5-8(7)10(16)17/h7-8H,2-5H2,1H3,(H,16,17). The number of aromatic nitrogens is 4. The van der Waals surface area contributed by atoms with Gasteiger partial charge in [0.1, 0.15) is 5.01 Å². The van der Waals surface area contributed by atoms with E-state index in [0.717, 1.165) is 41.5 Å². The minimum atomic E-state index is -0.706. The Kier molecular flexibility index (Phi) is 2.77. The van der Waals surface area contributed by atoms with Gasteiger partial charge in [-0.15, -0.1) is 10.2 Å². The molecule has 1 aliphatic rings. The van der Waals surface area contributed by atoms with Crippen LogP contribution in [0.15, 0.2) is 0 Å². The summed E-state index contributed by atoms with van der Waals surface area (Å²) in [5.74, 6) is -0.234. The number of hydrogen-bond donors (Lipinski definition) is 1. The van der Waals surface area contributed by atoms with Crippen LogP contribution < -0.4 is 0 Å². The van der Waals surface area contributed by atoms with Crippen molar-refractivity contribution in [2.24, 2.45) is 5.92 Å². The summed E-state index contributed by atoms with van der Waals surface area (Å²) in [6.45, 7) is 1.85. The molecule has 0 saturated heterocycles. The highest BCUT2D eigenvalue weighted by atomic mass is 32.1. The first kappa shape index (κ1) is 11.6. The number of nitrogens with zero attached hydrogens (tertiary/aromatic N) is 4. The molecule has 2 heterocycles. The molecule has 2 aromatic rings. The number of carbonyl (C=O) groups is 1. The lowest BCUT2D eigenvalue weighted by molar-refractivity contribution is -0.143. The number of aliphatic carboxylic acids is 1. The fraction of sp³-hybridized carbons (Fsp3) is 0.636. The van der Waals surface area contributed by atoms with Gasteiger partial charge in [-0.2, -0.15) is 9.61 Å². The van der Waals surface area contributed by atoms with Gasteiger partial charge in [-0.1, -0.05) is 24.2 Å². The molecule has 18 heavy (non-hydrogen) atoms. The molecule has 0 radical (unpaired) electrons. The van der Waals surface area contributed by atoms with Crippen LogP contribution in [0.2, 0.25) is 0 Å². The van der Waals surface area contributed by atoms with Gasteiger partial charge in [-0.05, 0) is 19.8 Å². The van der Waals surface area contributed by atoms with Gasteiger partial charge in [0.25, 0.3) is 0 Å². The predicted octanol–water partition coefficient (Wildman–Crippen LogP) is 1.85. The third-order valence-electron chi connectivity index (χ3n) is 3.56. The molecular weight excluding hydrogens is 252 g/mol. The smallest absolute Gasteiger partial charge is 0.307 e. The summed E-state index contributed by atoms with van der Waals surface area (Å²) in [6, 6.07) is 0. The molecule has 0 amide bonds. The van der Waals surface area contributed by atoms with E-state index in [1.165, 1.54) is 11.3 Å². The lowest BCUT2D eigenvalue weighted by Crippen LogP contribution is -2.25. The minimum absolute atomic E-state index is 0.0300. The average Bonchev–Trinajstić information content (AvgIpc) is 2.92. The Labute approximate surface area is 108 Å². The number of rotatable bonds is 2. The molecule has 1 N–H and O–H groups in total. The van der Waals surface area contributed by atoms with Gasteiger partial charge in [0.15, 0.2) is 5.82 Å². The molecule has 6 nitrogen and oxygen atoms in total. The first-order chi connectivity index (χ1) is 8.66. The third kappa shape index (κ3) is 1.78. The summed E-state index contributed by atoms with van der Waals surface area (Å²) in [4.78, 5) is 12.0. The summed E-state index contributed by atoms with van der Waals surface area (Å²) >= 11 is 1.46. The SMILES string of the molecule is Cc1nnc2sc(C3CCCCC3C(=O)O)nn12. The van der Waals surface area contributed by atoms with Crippen LogP contribution in [0, 0.1) is 12.8 Å². The minimum Gasteiger partial charge on any atom is -0.481 e. The average molecular weight is 266 g/mol. The van der Waals surface area contributed by atoms with Gasteiger partial charge in [0.05, 0.1) is 5.92 Å². The summed E-state index contributed by atoms with van der Waals surface area (Å²) < 4.78 is 1.70. The van der Waals surface area contributed by atoms with Gasteiger partial charge in [0, 0.05) is 5.92 Å². The molecule has 0 spiro atoms. The van der Waals surface area contributed by atoms with E-state index < -0.39 is 5.97 Å². The largest absolute Gasteiger partial charge is 0.481 e. The van der Waals surface area contributed by atoms with E-state index in [9.17, 15) is 9.90 Å². The number of hydrogen-bond acceptors (Lipinski definition) is 5. The topological polar surface area (TPSA) is 80.4 Å². The monoisotopic (exact) mass is 266 g/mol. The zero-order valence-electron chi connectivity index (χ0n) is 10.0. The molecule has 0 aliphatic heterocycles. The number of aryl methyl sites for hydroxylation is 1. The number of fused-ring (bicyclic) bond motifs is 1. The van der Waals surface area contributed by atoms with Crippen molar-refractivity contribution in [2.45, 2.75) is 38.5 Å². The molecule has 2 aromatic heterocycles. The van der Waals surface area contributed by atoms with Crippen LogP contribution in [0.4, 0.5) is 0 Å². The molecule has 3 rings (SSSR count). The highest BCUT2D eigenvalue weighted by Gasteiger charge is 2.34. The maximum Gasteiger partial charge on any atom is 0.307 e. The van der Waals surface area contributed by atoms with E-state index in [2.05, 4.69) is 15.3 Å². The quantitative estimate of drug-likeness (QED) is 0.897. The van der Waals surface area contributed by atoms with Crippen LogP contribution in [0.1, 0.15) is 42.4 Å². The summed E-state index contributed by atoms with van der Waals surface area (Å²) in [7, 11) is 0. The van der Waals surface area contributed by atoms with Crippen molar-refractivity contribution in [3.63, 3.8) is 0 Å². The van der Waals surface area contributed by atoms with Gasteiger partial charge in [0.2, 0.25) is 4.96 Å². The fourth-order valence-corrected chi connectivity index (χ4v) is 3.69. The Balaban J connectivity index is 1.98. The molecule has 2 atom stereocenters. The maximum atomic E-state index is 11.3. The molecule has 0 bridgehead atoms. The van der Waals surface area contributed by atoms with Gasteiger partial charge in [-0.3, -0.25) is 4.79 Å². The second-order valence-corrected chi connectivity index (χ2v) is 5.71. The highest BCUT2D eigenvalue weighted by molar-refractivity contribution is 7.16. The Bertz CT molecular complexity index is 591. The van der Waals surface area contributed by atoms with Crippen LogP contribution in [0.5, 0.6) is 0 Å². The summed E-state index contributed by atoms with van der Waals surface area (Å²) in [5.41, 5.74) is 0. The van der Waals surface area contributed by atoms with Crippen molar-refractivity contribution in [2.75, 3.05) is 0 Å². The van der Waals surface area contributed by atoms with Crippen LogP contribution in [-0.4, -0.2) is 30.9 Å². The van der Waals surface area contributed by atoms with Crippen molar-refractivity contribution in [1.29, 1.82) is 0 Å². The van der Waals surface area contributed by atoms with Crippen molar-refractivity contribution in [1.82, 2.24) is 19.8 Å². The normalized spacial score (nSPS) is 24.5. The van der Waals surface area contributed by atoms with Gasteiger partial charge in [-0.25, -0.2) is 0 Å². The van der Waals surface area contributed by atoms with Crippen LogP contribution in [-0.2, 0) is 4.79 Å². The Morgan fingerprint density at radius 2 is 2.17 bits per heavy atom. The lowest BCUT2D eigenvalue weighted by Gasteiger charge is -2.26. The van der Waals surface area contributed by atoms with Crippen LogP contribution in [0.25, 0.3) is 4.96 Å².